The number of hydrazone groups is 1. The Hall–Kier alpha value is -3.46. The Kier molecular flexibility index (Phi) is 9.03. The van der Waals surface area contributed by atoms with Crippen LogP contribution < -0.4 is 10.1 Å². The lowest BCUT2D eigenvalue weighted by Gasteiger charge is -2.30. The molecule has 2 aromatic rings. The van der Waals surface area contributed by atoms with E-state index in [9.17, 15) is 23.9 Å². The van der Waals surface area contributed by atoms with Crippen molar-refractivity contribution >= 4 is 46.5 Å². The SMILES string of the molecule is CCN(C(=O)[C@@H](C)O)C1CN(/C(=N\C#N)Nc2cccc(OC(F)F)c2)N=C1c1ccc(Cl)c(Cl)c1. The summed E-state index contributed by atoms with van der Waals surface area (Å²) in [6, 6.07) is 9.94. The minimum absolute atomic E-state index is 0.0210. The molecule has 36 heavy (non-hydrogen) atoms. The molecule has 3 rings (SSSR count). The minimum Gasteiger partial charge on any atom is -0.435 e. The van der Waals surface area contributed by atoms with Gasteiger partial charge in [0.15, 0.2) is 0 Å². The van der Waals surface area contributed by atoms with E-state index < -0.39 is 24.7 Å². The van der Waals surface area contributed by atoms with E-state index >= 15 is 0 Å². The van der Waals surface area contributed by atoms with Gasteiger partial charge in [-0.05, 0) is 38.1 Å². The number of aliphatic hydroxyl groups is 1. The van der Waals surface area contributed by atoms with E-state index in [1.807, 2.05) is 0 Å². The number of guanidine groups is 1. The van der Waals surface area contributed by atoms with E-state index in [4.69, 9.17) is 23.2 Å². The molecular weight excluding hydrogens is 517 g/mol. The fourth-order valence-electron chi connectivity index (χ4n) is 3.62. The van der Waals surface area contributed by atoms with Gasteiger partial charge < -0.3 is 20.1 Å². The fourth-order valence-corrected chi connectivity index (χ4v) is 3.92. The molecule has 13 heteroatoms. The smallest absolute Gasteiger partial charge is 0.387 e. The number of benzene rings is 2. The third kappa shape index (κ3) is 6.40. The van der Waals surface area contributed by atoms with Crippen molar-refractivity contribution in [3.8, 4) is 11.9 Å². The Morgan fingerprint density at radius 3 is 2.72 bits per heavy atom. The number of carbonyl (C=O) groups excluding carboxylic acids is 1. The number of anilines is 1. The Morgan fingerprint density at radius 2 is 2.11 bits per heavy atom. The van der Waals surface area contributed by atoms with Crippen molar-refractivity contribution in [2.75, 3.05) is 18.4 Å². The van der Waals surface area contributed by atoms with E-state index in [1.165, 1.54) is 35.0 Å². The Balaban J connectivity index is 2.00. The molecule has 0 bridgehead atoms. The molecule has 1 heterocycles. The van der Waals surface area contributed by atoms with Crippen molar-refractivity contribution in [1.29, 1.82) is 5.26 Å². The first-order chi connectivity index (χ1) is 17.1. The first-order valence-corrected chi connectivity index (χ1v) is 11.5. The number of nitrogens with zero attached hydrogens (tertiary/aromatic N) is 5. The number of hydrogen-bond acceptors (Lipinski definition) is 6. The maximum Gasteiger partial charge on any atom is 0.387 e. The number of halogens is 4. The van der Waals surface area contributed by atoms with Gasteiger partial charge in [-0.25, -0.2) is 5.01 Å². The predicted molar refractivity (Wildman–Crippen MR) is 132 cm³/mol. The number of hydrogen-bond donors (Lipinski definition) is 2. The number of aliphatic hydroxyl groups excluding tert-OH is 1. The summed E-state index contributed by atoms with van der Waals surface area (Å²) in [6.07, 6.45) is 0.433. The highest BCUT2D eigenvalue weighted by molar-refractivity contribution is 6.42. The molecule has 2 N–H and O–H groups in total. The normalized spacial score (nSPS) is 16.4. The summed E-state index contributed by atoms with van der Waals surface area (Å²) >= 11 is 12.3. The molecule has 1 aliphatic rings. The van der Waals surface area contributed by atoms with Crippen LogP contribution in [0.25, 0.3) is 0 Å². The van der Waals surface area contributed by atoms with Gasteiger partial charge in [0.05, 0.1) is 28.3 Å². The van der Waals surface area contributed by atoms with Crippen molar-refractivity contribution in [2.45, 2.75) is 32.6 Å². The number of aliphatic imine (C=N–C) groups is 1. The van der Waals surface area contributed by atoms with E-state index in [0.717, 1.165) is 0 Å². The average Bonchev–Trinajstić information content (AvgIpc) is 3.26. The van der Waals surface area contributed by atoms with Gasteiger partial charge in [-0.1, -0.05) is 35.3 Å². The summed E-state index contributed by atoms with van der Waals surface area (Å²) in [5.41, 5.74) is 1.30. The molecule has 0 saturated carbocycles. The van der Waals surface area contributed by atoms with Gasteiger partial charge in [0.25, 0.3) is 5.91 Å². The average molecular weight is 539 g/mol. The molecule has 1 amide bonds. The van der Waals surface area contributed by atoms with Crippen LogP contribution in [-0.2, 0) is 4.79 Å². The third-order valence-electron chi connectivity index (χ3n) is 5.18. The Morgan fingerprint density at radius 1 is 1.36 bits per heavy atom. The molecule has 0 spiro atoms. The summed E-state index contributed by atoms with van der Waals surface area (Å²) in [5.74, 6) is -0.627. The molecule has 0 aliphatic carbocycles. The van der Waals surface area contributed by atoms with E-state index in [0.29, 0.717) is 22.0 Å². The molecule has 1 unspecified atom stereocenters. The second-order valence-corrected chi connectivity index (χ2v) is 8.39. The first kappa shape index (κ1) is 27.1. The van der Waals surface area contributed by atoms with Gasteiger partial charge in [-0.3, -0.25) is 4.79 Å². The van der Waals surface area contributed by atoms with Gasteiger partial charge >= 0.3 is 6.61 Å². The molecule has 9 nitrogen and oxygen atoms in total. The van der Waals surface area contributed by atoms with Crippen LogP contribution in [0.15, 0.2) is 52.6 Å². The lowest BCUT2D eigenvalue weighted by Crippen LogP contribution is -2.50. The van der Waals surface area contributed by atoms with E-state index in [-0.39, 0.29) is 29.8 Å². The van der Waals surface area contributed by atoms with Crippen LogP contribution in [0, 0.1) is 11.5 Å². The number of nitrogens with one attached hydrogen (secondary N) is 1. The van der Waals surface area contributed by atoms with Crippen molar-refractivity contribution in [1.82, 2.24) is 9.91 Å². The zero-order valence-electron chi connectivity index (χ0n) is 19.2. The van der Waals surface area contributed by atoms with E-state index in [1.54, 1.807) is 37.4 Å². The lowest BCUT2D eigenvalue weighted by atomic mass is 10.0. The second-order valence-electron chi connectivity index (χ2n) is 7.58. The summed E-state index contributed by atoms with van der Waals surface area (Å²) in [7, 11) is 0. The number of carbonyl (C=O) groups is 1. The lowest BCUT2D eigenvalue weighted by molar-refractivity contribution is -0.140. The van der Waals surface area contributed by atoms with Crippen LogP contribution in [-0.4, -0.2) is 64.4 Å². The third-order valence-corrected chi connectivity index (χ3v) is 5.92. The van der Waals surface area contributed by atoms with Gasteiger partial charge in [0, 0.05) is 23.9 Å². The summed E-state index contributed by atoms with van der Waals surface area (Å²) in [4.78, 5) is 18.0. The van der Waals surface area contributed by atoms with Crippen LogP contribution in [0.1, 0.15) is 19.4 Å². The van der Waals surface area contributed by atoms with Gasteiger partial charge in [-0.2, -0.15) is 19.1 Å². The Labute approximate surface area is 216 Å². The van der Waals surface area contributed by atoms with Crippen LogP contribution in [0.5, 0.6) is 5.75 Å². The fraction of sp³-hybridized carbons (Fsp3) is 0.304. The van der Waals surface area contributed by atoms with Crippen LogP contribution >= 0.6 is 23.2 Å². The number of rotatable bonds is 7. The molecule has 2 atom stereocenters. The molecule has 0 fully saturated rings. The molecule has 190 valence electrons. The molecule has 0 saturated heterocycles. The van der Waals surface area contributed by atoms with Gasteiger partial charge in [0.1, 0.15) is 11.9 Å². The minimum atomic E-state index is -3.00. The zero-order chi connectivity index (χ0) is 26.4. The molecule has 1 aliphatic heterocycles. The standard InChI is InChI=1S/C23H22Cl2F2N6O3/c1-3-32(21(35)13(2)34)19-11-33(31-20(19)14-7-8-17(24)18(25)9-14)23(29-12-28)30-15-5-4-6-16(10-15)36-22(26)27/h4-10,13,19,22,34H,3,11H2,1-2H3,(H,29,30)/t13-,19?/m1/s1. The van der Waals surface area contributed by atoms with Crippen molar-refractivity contribution < 1.29 is 23.4 Å². The molecule has 2 aromatic carbocycles. The van der Waals surface area contributed by atoms with E-state index in [2.05, 4.69) is 20.1 Å². The first-order valence-electron chi connectivity index (χ1n) is 10.7. The largest absolute Gasteiger partial charge is 0.435 e. The van der Waals surface area contributed by atoms with Gasteiger partial charge in [-0.15, -0.1) is 4.99 Å². The molecular formula is C23H22Cl2F2N6O3. The highest BCUT2D eigenvalue weighted by atomic mass is 35.5. The number of nitriles is 1. The maximum absolute atomic E-state index is 12.8. The number of likely N-dealkylation sites (N-methyl/N-ethyl adjacent to an activating group) is 1. The van der Waals surface area contributed by atoms with Crippen LogP contribution in [0.3, 0.4) is 0 Å². The maximum atomic E-state index is 12.8. The second kappa shape index (κ2) is 12.0. The summed E-state index contributed by atoms with van der Waals surface area (Å²) in [6.45, 7) is 0.450. The molecule has 0 radical (unpaired) electrons. The van der Waals surface area contributed by atoms with Crippen LogP contribution in [0.2, 0.25) is 10.0 Å². The highest BCUT2D eigenvalue weighted by Gasteiger charge is 2.37. The summed E-state index contributed by atoms with van der Waals surface area (Å²) < 4.78 is 29.6. The van der Waals surface area contributed by atoms with Crippen molar-refractivity contribution in [3.63, 3.8) is 0 Å². The van der Waals surface area contributed by atoms with Crippen molar-refractivity contribution in [2.24, 2.45) is 10.1 Å². The van der Waals surface area contributed by atoms with Crippen molar-refractivity contribution in [3.05, 3.63) is 58.1 Å². The quantitative estimate of drug-likeness (QED) is 0.311. The zero-order valence-corrected chi connectivity index (χ0v) is 20.7. The predicted octanol–water partition coefficient (Wildman–Crippen LogP) is 4.16. The molecule has 0 aromatic heterocycles. The van der Waals surface area contributed by atoms with Gasteiger partial charge in [0.2, 0.25) is 12.2 Å². The topological polar surface area (TPSA) is 114 Å². The summed E-state index contributed by atoms with van der Waals surface area (Å²) in [5, 5.41) is 28.6. The number of alkyl halides is 2. The Bertz CT molecular complexity index is 1220. The van der Waals surface area contributed by atoms with Crippen LogP contribution in [0.4, 0.5) is 14.5 Å². The number of ether oxygens (including phenoxy) is 1. The monoisotopic (exact) mass is 538 g/mol. The highest BCUT2D eigenvalue weighted by Crippen LogP contribution is 2.27. The number of amides is 1.